The Labute approximate surface area is 109 Å². The number of aryl methyl sites for hydroxylation is 1. The zero-order chi connectivity index (χ0) is 13.0. The van der Waals surface area contributed by atoms with Crippen LogP contribution in [0, 0.1) is 18.3 Å². The number of rotatable bonds is 3. The van der Waals surface area contributed by atoms with E-state index in [9.17, 15) is 4.79 Å². The van der Waals surface area contributed by atoms with Gasteiger partial charge in [-0.25, -0.2) is 0 Å². The summed E-state index contributed by atoms with van der Waals surface area (Å²) in [7, 11) is 0. The van der Waals surface area contributed by atoms with Gasteiger partial charge in [0.2, 0.25) is 0 Å². The maximum atomic E-state index is 12.0. The number of nitriles is 1. The highest BCUT2D eigenvalue weighted by Crippen LogP contribution is 2.22. The molecule has 2 heterocycles. The normalized spacial score (nSPS) is 9.78. The van der Waals surface area contributed by atoms with Gasteiger partial charge in [-0.15, -0.1) is 11.3 Å². The lowest BCUT2D eigenvalue weighted by Gasteiger charge is -2.04. The van der Waals surface area contributed by atoms with E-state index in [4.69, 9.17) is 5.26 Å². The Morgan fingerprint density at radius 3 is 3.06 bits per heavy atom. The van der Waals surface area contributed by atoms with Crippen LogP contribution in [0.2, 0.25) is 0 Å². The van der Waals surface area contributed by atoms with Crippen molar-refractivity contribution in [2.75, 3.05) is 5.32 Å². The minimum absolute atomic E-state index is 0.179. The molecule has 0 aromatic carbocycles. The number of amides is 1. The minimum Gasteiger partial charge on any atom is -0.313 e. The van der Waals surface area contributed by atoms with Gasteiger partial charge < -0.3 is 5.32 Å². The first-order chi connectivity index (χ1) is 8.70. The van der Waals surface area contributed by atoms with Gasteiger partial charge in [-0.3, -0.25) is 9.78 Å². The van der Waals surface area contributed by atoms with E-state index in [0.717, 1.165) is 10.6 Å². The average Bonchev–Trinajstić information content (AvgIpc) is 2.76. The maximum Gasteiger partial charge on any atom is 0.256 e. The SMILES string of the molecule is Cc1ccsc1NC(=O)c1ccnc(CC#N)c1. The second-order valence-corrected chi connectivity index (χ2v) is 4.67. The van der Waals surface area contributed by atoms with Crippen molar-refractivity contribution in [2.45, 2.75) is 13.3 Å². The van der Waals surface area contributed by atoms with Crippen LogP contribution in [0.5, 0.6) is 0 Å². The van der Waals surface area contributed by atoms with Crippen molar-refractivity contribution in [2.24, 2.45) is 0 Å². The van der Waals surface area contributed by atoms with Crippen LogP contribution in [-0.2, 0) is 6.42 Å². The van der Waals surface area contributed by atoms with Crippen LogP contribution in [0.4, 0.5) is 5.00 Å². The van der Waals surface area contributed by atoms with E-state index in [0.29, 0.717) is 11.3 Å². The number of hydrogen-bond acceptors (Lipinski definition) is 4. The summed E-state index contributed by atoms with van der Waals surface area (Å²) in [4.78, 5) is 16.0. The number of hydrogen-bond donors (Lipinski definition) is 1. The summed E-state index contributed by atoms with van der Waals surface area (Å²) in [6.45, 7) is 1.94. The molecule has 0 aliphatic rings. The van der Waals surface area contributed by atoms with Crippen molar-refractivity contribution in [3.8, 4) is 6.07 Å². The zero-order valence-electron chi connectivity index (χ0n) is 9.80. The molecule has 5 heteroatoms. The molecule has 0 atom stereocenters. The molecular formula is C13H11N3OS. The monoisotopic (exact) mass is 257 g/mol. The van der Waals surface area contributed by atoms with Crippen LogP contribution >= 0.6 is 11.3 Å². The molecule has 18 heavy (non-hydrogen) atoms. The number of thiophene rings is 1. The Morgan fingerprint density at radius 2 is 2.39 bits per heavy atom. The fraction of sp³-hybridized carbons (Fsp3) is 0.154. The quantitative estimate of drug-likeness (QED) is 0.919. The van der Waals surface area contributed by atoms with Crippen molar-refractivity contribution < 1.29 is 4.79 Å². The molecule has 0 aliphatic carbocycles. The van der Waals surface area contributed by atoms with Gasteiger partial charge in [0.05, 0.1) is 23.2 Å². The first-order valence-corrected chi connectivity index (χ1v) is 6.26. The van der Waals surface area contributed by atoms with Gasteiger partial charge in [-0.05, 0) is 36.1 Å². The highest BCUT2D eigenvalue weighted by molar-refractivity contribution is 7.14. The molecule has 4 nitrogen and oxygen atoms in total. The van der Waals surface area contributed by atoms with Crippen molar-refractivity contribution in [3.63, 3.8) is 0 Å². The number of aromatic nitrogens is 1. The first-order valence-electron chi connectivity index (χ1n) is 5.38. The number of carbonyl (C=O) groups excluding carboxylic acids is 1. The highest BCUT2D eigenvalue weighted by Gasteiger charge is 2.09. The third-order valence-electron chi connectivity index (χ3n) is 2.43. The summed E-state index contributed by atoms with van der Waals surface area (Å²) in [5.74, 6) is -0.179. The topological polar surface area (TPSA) is 65.8 Å². The van der Waals surface area contributed by atoms with Gasteiger partial charge in [0.25, 0.3) is 5.91 Å². The third kappa shape index (κ3) is 2.73. The van der Waals surface area contributed by atoms with E-state index in [-0.39, 0.29) is 12.3 Å². The largest absolute Gasteiger partial charge is 0.313 e. The fourth-order valence-electron chi connectivity index (χ4n) is 1.47. The maximum absolute atomic E-state index is 12.0. The predicted molar refractivity (Wildman–Crippen MR) is 70.6 cm³/mol. The van der Waals surface area contributed by atoms with E-state index in [1.807, 2.05) is 24.4 Å². The van der Waals surface area contributed by atoms with Crippen molar-refractivity contribution >= 4 is 22.2 Å². The van der Waals surface area contributed by atoms with Crippen LogP contribution in [-0.4, -0.2) is 10.9 Å². The lowest BCUT2D eigenvalue weighted by molar-refractivity contribution is 0.102. The molecule has 0 fully saturated rings. The number of carbonyl (C=O) groups is 1. The van der Waals surface area contributed by atoms with Crippen LogP contribution in [0.1, 0.15) is 21.6 Å². The smallest absolute Gasteiger partial charge is 0.256 e. The summed E-state index contributed by atoms with van der Waals surface area (Å²) < 4.78 is 0. The van der Waals surface area contributed by atoms with E-state index in [1.165, 1.54) is 11.3 Å². The van der Waals surface area contributed by atoms with Gasteiger partial charge >= 0.3 is 0 Å². The Kier molecular flexibility index (Phi) is 3.70. The standard InChI is InChI=1S/C13H11N3OS/c1-9-4-7-18-13(9)16-12(17)10-3-6-15-11(8-10)2-5-14/h3-4,6-8H,2H2,1H3,(H,16,17). The molecule has 2 rings (SSSR count). The first kappa shape index (κ1) is 12.3. The summed E-state index contributed by atoms with van der Waals surface area (Å²) in [5, 5.41) is 14.2. The van der Waals surface area contributed by atoms with Crippen LogP contribution in [0.15, 0.2) is 29.8 Å². The summed E-state index contributed by atoms with van der Waals surface area (Å²) >= 11 is 1.49. The lowest BCUT2D eigenvalue weighted by Crippen LogP contribution is -2.12. The van der Waals surface area contributed by atoms with E-state index < -0.39 is 0 Å². The molecule has 0 spiro atoms. The predicted octanol–water partition coefficient (Wildman–Crippen LogP) is 2.77. The summed E-state index contributed by atoms with van der Waals surface area (Å²) in [5.41, 5.74) is 2.16. The molecule has 0 saturated carbocycles. The molecule has 0 saturated heterocycles. The van der Waals surface area contributed by atoms with Gasteiger partial charge in [-0.1, -0.05) is 0 Å². The third-order valence-corrected chi connectivity index (χ3v) is 3.36. The van der Waals surface area contributed by atoms with Gasteiger partial charge in [0, 0.05) is 11.8 Å². The van der Waals surface area contributed by atoms with Gasteiger partial charge in [0.15, 0.2) is 0 Å². The van der Waals surface area contributed by atoms with Crippen molar-refractivity contribution in [1.82, 2.24) is 4.98 Å². The van der Waals surface area contributed by atoms with Gasteiger partial charge in [-0.2, -0.15) is 5.26 Å². The van der Waals surface area contributed by atoms with Crippen molar-refractivity contribution in [3.05, 3.63) is 46.6 Å². The Hall–Kier alpha value is -2.19. The highest BCUT2D eigenvalue weighted by atomic mass is 32.1. The molecule has 2 aromatic heterocycles. The minimum atomic E-state index is -0.179. The molecule has 0 bridgehead atoms. The van der Waals surface area contributed by atoms with Crippen molar-refractivity contribution in [1.29, 1.82) is 5.26 Å². The fourth-order valence-corrected chi connectivity index (χ4v) is 2.29. The molecule has 0 aliphatic heterocycles. The Bertz CT molecular complexity index is 613. The van der Waals surface area contributed by atoms with Crippen LogP contribution in [0.3, 0.4) is 0 Å². The molecule has 0 unspecified atom stereocenters. The molecule has 1 amide bonds. The number of anilines is 1. The van der Waals surface area contributed by atoms with Crippen LogP contribution < -0.4 is 5.32 Å². The number of pyridine rings is 1. The molecule has 1 N–H and O–H groups in total. The zero-order valence-corrected chi connectivity index (χ0v) is 10.6. The molecule has 0 radical (unpaired) electrons. The Morgan fingerprint density at radius 1 is 1.56 bits per heavy atom. The van der Waals surface area contributed by atoms with Gasteiger partial charge in [0.1, 0.15) is 0 Å². The molecule has 90 valence electrons. The summed E-state index contributed by atoms with van der Waals surface area (Å²) in [6.07, 6.45) is 1.75. The van der Waals surface area contributed by atoms with E-state index in [2.05, 4.69) is 10.3 Å². The molecular weight excluding hydrogens is 246 g/mol. The van der Waals surface area contributed by atoms with E-state index in [1.54, 1.807) is 18.3 Å². The van der Waals surface area contributed by atoms with Crippen LogP contribution in [0.25, 0.3) is 0 Å². The second kappa shape index (κ2) is 5.43. The Balaban J connectivity index is 2.17. The lowest BCUT2D eigenvalue weighted by atomic mass is 10.2. The second-order valence-electron chi connectivity index (χ2n) is 3.76. The number of nitrogens with zero attached hydrogens (tertiary/aromatic N) is 2. The van der Waals surface area contributed by atoms with E-state index >= 15 is 0 Å². The average molecular weight is 257 g/mol. The molecule has 2 aromatic rings. The summed E-state index contributed by atoms with van der Waals surface area (Å²) in [6, 6.07) is 7.24. The number of nitrogens with one attached hydrogen (secondary N) is 1.